The average molecular weight is 371 g/mol. The predicted octanol–water partition coefficient (Wildman–Crippen LogP) is 5.08. The summed E-state index contributed by atoms with van der Waals surface area (Å²) in [5, 5.41) is 12.2. The lowest BCUT2D eigenvalue weighted by Crippen LogP contribution is -2.19. The predicted molar refractivity (Wildman–Crippen MR) is 107 cm³/mol. The Morgan fingerprint density at radius 3 is 2.15 bits per heavy atom. The maximum Gasteiger partial charge on any atom is 0.411 e. The fraction of sp³-hybridized carbons (Fsp3) is 0.409. The average Bonchev–Trinajstić information content (AvgIpc) is 2.65. The second kappa shape index (κ2) is 9.97. The number of ether oxygens (including phenoxy) is 2. The normalized spacial score (nSPS) is 11.2. The molecule has 0 unspecified atom stereocenters. The van der Waals surface area contributed by atoms with Crippen LogP contribution in [-0.4, -0.2) is 31.0 Å². The number of carbonyl (C=O) groups excluding carboxylic acids is 1. The molecule has 0 aliphatic heterocycles. The van der Waals surface area contributed by atoms with Crippen molar-refractivity contribution in [3.05, 3.63) is 59.7 Å². The van der Waals surface area contributed by atoms with Gasteiger partial charge in [0.2, 0.25) is 0 Å². The van der Waals surface area contributed by atoms with E-state index >= 15 is 0 Å². The smallest absolute Gasteiger partial charge is 0.411 e. The molecule has 146 valence electrons. The number of rotatable bonds is 9. The van der Waals surface area contributed by atoms with Gasteiger partial charge in [-0.3, -0.25) is 5.32 Å². The number of aromatic hydroxyl groups is 1. The minimum atomic E-state index is -0.486. The molecule has 2 aromatic carbocycles. The molecule has 2 aromatic rings. The van der Waals surface area contributed by atoms with Crippen LogP contribution in [0.4, 0.5) is 10.5 Å². The van der Waals surface area contributed by atoms with Gasteiger partial charge in [-0.15, -0.1) is 0 Å². The third-order valence-electron chi connectivity index (χ3n) is 4.55. The summed E-state index contributed by atoms with van der Waals surface area (Å²) in [4.78, 5) is 11.8. The second-order valence-corrected chi connectivity index (χ2v) is 6.98. The Balaban J connectivity index is 1.87. The minimum absolute atomic E-state index is 0.220. The third-order valence-corrected chi connectivity index (χ3v) is 4.55. The van der Waals surface area contributed by atoms with E-state index in [2.05, 4.69) is 26.1 Å². The number of unbranched alkanes of at least 4 members (excludes halogenated alkanes) is 1. The van der Waals surface area contributed by atoms with Gasteiger partial charge in [-0.25, -0.2) is 4.79 Å². The maximum atomic E-state index is 11.8. The Morgan fingerprint density at radius 1 is 0.963 bits per heavy atom. The van der Waals surface area contributed by atoms with Crippen molar-refractivity contribution in [2.45, 2.75) is 39.0 Å². The van der Waals surface area contributed by atoms with Crippen molar-refractivity contribution in [3.63, 3.8) is 0 Å². The van der Waals surface area contributed by atoms with Crippen molar-refractivity contribution >= 4 is 11.8 Å². The molecular formula is C22H29NO4. The van der Waals surface area contributed by atoms with Gasteiger partial charge in [0.05, 0.1) is 6.61 Å². The monoisotopic (exact) mass is 371 g/mol. The van der Waals surface area contributed by atoms with Crippen LogP contribution in [0.15, 0.2) is 48.5 Å². The molecule has 0 saturated carbocycles. The van der Waals surface area contributed by atoms with Gasteiger partial charge in [-0.05, 0) is 41.8 Å². The van der Waals surface area contributed by atoms with Gasteiger partial charge in [0.25, 0.3) is 0 Å². The van der Waals surface area contributed by atoms with Gasteiger partial charge in [-0.1, -0.05) is 51.5 Å². The zero-order valence-corrected chi connectivity index (χ0v) is 16.3. The summed E-state index contributed by atoms with van der Waals surface area (Å²) in [5.74, 6) is 0.253. The molecule has 5 nitrogen and oxygen atoms in total. The first-order valence-corrected chi connectivity index (χ1v) is 9.35. The standard InChI is InChI=1S/C22H29NO4/c1-4-5-14-26-15-16-27-21(25)23-19-10-6-17(7-11-19)22(2,3)18-8-12-20(24)13-9-18/h6-13,24H,4-5,14-16H2,1-3H3,(H,23,25). The zero-order chi connectivity index (χ0) is 19.7. The molecule has 0 radical (unpaired) electrons. The van der Waals surface area contributed by atoms with Crippen LogP contribution in [0.25, 0.3) is 0 Å². The van der Waals surface area contributed by atoms with Crippen LogP contribution in [0, 0.1) is 0 Å². The summed E-state index contributed by atoms with van der Waals surface area (Å²) in [6, 6.07) is 14.9. The summed E-state index contributed by atoms with van der Waals surface area (Å²) in [7, 11) is 0. The molecule has 0 fully saturated rings. The van der Waals surface area contributed by atoms with Crippen LogP contribution in [0.2, 0.25) is 0 Å². The number of anilines is 1. The Bertz CT molecular complexity index is 708. The highest BCUT2D eigenvalue weighted by molar-refractivity contribution is 5.84. The summed E-state index contributed by atoms with van der Waals surface area (Å²) in [6.07, 6.45) is 1.61. The van der Waals surface area contributed by atoms with Crippen LogP contribution in [0.5, 0.6) is 5.75 Å². The minimum Gasteiger partial charge on any atom is -0.508 e. The highest BCUT2D eigenvalue weighted by atomic mass is 16.6. The largest absolute Gasteiger partial charge is 0.508 e. The van der Waals surface area contributed by atoms with Gasteiger partial charge in [0, 0.05) is 17.7 Å². The summed E-state index contributed by atoms with van der Waals surface area (Å²) in [6.45, 7) is 7.68. The van der Waals surface area contributed by atoms with Crippen molar-refractivity contribution < 1.29 is 19.4 Å². The molecule has 0 saturated heterocycles. The molecule has 0 spiro atoms. The highest BCUT2D eigenvalue weighted by Crippen LogP contribution is 2.32. The number of hydrogen-bond acceptors (Lipinski definition) is 4. The van der Waals surface area contributed by atoms with Gasteiger partial charge >= 0.3 is 6.09 Å². The van der Waals surface area contributed by atoms with Crippen LogP contribution < -0.4 is 5.32 Å². The van der Waals surface area contributed by atoms with E-state index in [0.29, 0.717) is 18.9 Å². The van der Waals surface area contributed by atoms with Crippen molar-refractivity contribution in [2.24, 2.45) is 0 Å². The molecule has 0 heterocycles. The lowest BCUT2D eigenvalue weighted by atomic mass is 9.78. The van der Waals surface area contributed by atoms with Crippen molar-refractivity contribution in [1.82, 2.24) is 0 Å². The number of hydrogen-bond donors (Lipinski definition) is 2. The maximum absolute atomic E-state index is 11.8. The first-order valence-electron chi connectivity index (χ1n) is 9.35. The van der Waals surface area contributed by atoms with Crippen LogP contribution in [0.1, 0.15) is 44.7 Å². The summed E-state index contributed by atoms with van der Waals surface area (Å²) < 4.78 is 10.5. The molecule has 0 aliphatic carbocycles. The molecule has 0 bridgehead atoms. The fourth-order valence-electron chi connectivity index (χ4n) is 2.71. The van der Waals surface area contributed by atoms with E-state index in [1.807, 2.05) is 36.4 Å². The Hall–Kier alpha value is -2.53. The molecule has 1 amide bonds. The number of amides is 1. The Kier molecular flexibility index (Phi) is 7.67. The van der Waals surface area contributed by atoms with Gasteiger partial charge in [0.15, 0.2) is 0 Å². The van der Waals surface area contributed by atoms with Crippen LogP contribution in [0.3, 0.4) is 0 Å². The number of carbonyl (C=O) groups is 1. The first-order chi connectivity index (χ1) is 12.9. The molecule has 2 N–H and O–H groups in total. The lowest BCUT2D eigenvalue weighted by molar-refractivity contribution is 0.0768. The van der Waals surface area contributed by atoms with E-state index in [0.717, 1.165) is 24.0 Å². The van der Waals surface area contributed by atoms with E-state index in [1.165, 1.54) is 0 Å². The summed E-state index contributed by atoms with van der Waals surface area (Å²) in [5.41, 5.74) is 2.67. The van der Waals surface area contributed by atoms with E-state index in [4.69, 9.17) is 9.47 Å². The van der Waals surface area contributed by atoms with Crippen molar-refractivity contribution in [2.75, 3.05) is 25.1 Å². The topological polar surface area (TPSA) is 67.8 Å². The molecule has 2 rings (SSSR count). The highest BCUT2D eigenvalue weighted by Gasteiger charge is 2.23. The fourth-order valence-corrected chi connectivity index (χ4v) is 2.71. The van der Waals surface area contributed by atoms with E-state index < -0.39 is 6.09 Å². The molecule has 0 atom stereocenters. The molecule has 27 heavy (non-hydrogen) atoms. The number of phenolic OH excluding ortho intramolecular Hbond substituents is 1. The zero-order valence-electron chi connectivity index (χ0n) is 16.3. The van der Waals surface area contributed by atoms with Gasteiger partial charge in [0.1, 0.15) is 12.4 Å². The number of nitrogens with one attached hydrogen (secondary N) is 1. The van der Waals surface area contributed by atoms with E-state index in [9.17, 15) is 9.90 Å². The van der Waals surface area contributed by atoms with Crippen LogP contribution in [-0.2, 0) is 14.9 Å². The lowest BCUT2D eigenvalue weighted by Gasteiger charge is -2.26. The summed E-state index contributed by atoms with van der Waals surface area (Å²) >= 11 is 0. The molecule has 0 aliphatic rings. The van der Waals surface area contributed by atoms with E-state index in [-0.39, 0.29) is 17.8 Å². The molecule has 5 heteroatoms. The van der Waals surface area contributed by atoms with Crippen molar-refractivity contribution in [1.29, 1.82) is 0 Å². The van der Waals surface area contributed by atoms with Gasteiger partial charge < -0.3 is 14.6 Å². The third kappa shape index (κ3) is 6.29. The van der Waals surface area contributed by atoms with Crippen LogP contribution >= 0.6 is 0 Å². The molecule has 0 aromatic heterocycles. The Morgan fingerprint density at radius 2 is 1.56 bits per heavy atom. The number of benzene rings is 2. The Labute approximate surface area is 161 Å². The quantitative estimate of drug-likeness (QED) is 0.603. The number of phenols is 1. The van der Waals surface area contributed by atoms with Crippen molar-refractivity contribution in [3.8, 4) is 5.75 Å². The second-order valence-electron chi connectivity index (χ2n) is 6.98. The first kappa shape index (κ1) is 20.8. The molecular weight excluding hydrogens is 342 g/mol. The van der Waals surface area contributed by atoms with E-state index in [1.54, 1.807) is 12.1 Å². The van der Waals surface area contributed by atoms with Gasteiger partial charge in [-0.2, -0.15) is 0 Å². The SMILES string of the molecule is CCCCOCCOC(=O)Nc1ccc(C(C)(C)c2ccc(O)cc2)cc1.